The molecule has 0 saturated heterocycles. The van der Waals surface area contributed by atoms with Crippen molar-refractivity contribution < 1.29 is 19.2 Å². The Bertz CT molecular complexity index is 1190. The smallest absolute Gasteiger partial charge is 0.272 e. The summed E-state index contributed by atoms with van der Waals surface area (Å²) in [6.45, 7) is 0. The van der Waals surface area contributed by atoms with E-state index in [0.29, 0.717) is 21.5 Å². The number of halogens is 1. The van der Waals surface area contributed by atoms with Crippen LogP contribution >= 0.6 is 15.9 Å². The second-order valence-electron chi connectivity index (χ2n) is 6.50. The minimum absolute atomic E-state index is 0.0505. The van der Waals surface area contributed by atoms with Gasteiger partial charge >= 0.3 is 0 Å². The SMILES string of the molecule is COc1ccccc1C(=O)NC(=Cc1ccc([N+](=O)[O-])cc1)C(=O)Nc1ccccc1Br. The van der Waals surface area contributed by atoms with E-state index in [9.17, 15) is 19.7 Å². The molecule has 0 unspecified atom stereocenters. The number of nitro groups is 1. The topological polar surface area (TPSA) is 111 Å². The molecule has 2 amide bonds. The Hall–Kier alpha value is -3.98. The highest BCUT2D eigenvalue weighted by atomic mass is 79.9. The fourth-order valence-electron chi connectivity index (χ4n) is 2.79. The molecule has 0 aromatic heterocycles. The van der Waals surface area contributed by atoms with Crippen molar-refractivity contribution in [2.24, 2.45) is 0 Å². The summed E-state index contributed by atoms with van der Waals surface area (Å²) in [5.41, 5.74) is 1.12. The number of amides is 2. The van der Waals surface area contributed by atoms with Gasteiger partial charge < -0.3 is 15.4 Å². The first-order valence-corrected chi connectivity index (χ1v) is 10.1. The lowest BCUT2D eigenvalue weighted by molar-refractivity contribution is -0.384. The van der Waals surface area contributed by atoms with E-state index in [1.807, 2.05) is 0 Å². The molecule has 0 radical (unpaired) electrons. The van der Waals surface area contributed by atoms with Gasteiger partial charge in [-0.1, -0.05) is 24.3 Å². The lowest BCUT2D eigenvalue weighted by Gasteiger charge is -2.13. The molecule has 0 saturated carbocycles. The maximum Gasteiger partial charge on any atom is 0.272 e. The number of hydrogen-bond donors (Lipinski definition) is 2. The number of carbonyl (C=O) groups excluding carboxylic acids is 2. The quantitative estimate of drug-likeness (QED) is 0.278. The van der Waals surface area contributed by atoms with Gasteiger partial charge in [-0.3, -0.25) is 19.7 Å². The predicted octanol–water partition coefficient (Wildman–Crippen LogP) is 4.78. The molecule has 0 atom stereocenters. The molecule has 3 aromatic carbocycles. The Morgan fingerprint density at radius 3 is 2.31 bits per heavy atom. The molecule has 0 aliphatic rings. The maximum atomic E-state index is 13.0. The minimum atomic E-state index is -0.571. The summed E-state index contributed by atoms with van der Waals surface area (Å²) < 4.78 is 5.89. The van der Waals surface area contributed by atoms with Gasteiger partial charge in [0.15, 0.2) is 0 Å². The van der Waals surface area contributed by atoms with E-state index in [1.54, 1.807) is 48.5 Å². The molecule has 9 heteroatoms. The molecule has 0 fully saturated rings. The minimum Gasteiger partial charge on any atom is -0.496 e. The molecule has 0 spiro atoms. The van der Waals surface area contributed by atoms with Crippen LogP contribution in [0.4, 0.5) is 11.4 Å². The Morgan fingerprint density at radius 2 is 1.66 bits per heavy atom. The molecule has 0 aliphatic carbocycles. The van der Waals surface area contributed by atoms with E-state index in [-0.39, 0.29) is 16.9 Å². The van der Waals surface area contributed by atoms with Crippen LogP contribution in [0.2, 0.25) is 0 Å². The summed E-state index contributed by atoms with van der Waals surface area (Å²) in [7, 11) is 1.44. The summed E-state index contributed by atoms with van der Waals surface area (Å²) in [5.74, 6) is -0.762. The van der Waals surface area contributed by atoms with E-state index in [0.717, 1.165) is 0 Å². The Labute approximate surface area is 192 Å². The van der Waals surface area contributed by atoms with Crippen molar-refractivity contribution in [3.05, 3.63) is 104 Å². The second kappa shape index (κ2) is 10.4. The Morgan fingerprint density at radius 1 is 1.00 bits per heavy atom. The first kappa shape index (κ1) is 22.7. The van der Waals surface area contributed by atoms with E-state index in [4.69, 9.17) is 4.74 Å². The summed E-state index contributed by atoms with van der Waals surface area (Å²) in [5, 5.41) is 16.2. The van der Waals surface area contributed by atoms with Crippen molar-refractivity contribution in [3.63, 3.8) is 0 Å². The maximum absolute atomic E-state index is 13.0. The number of anilines is 1. The molecule has 8 nitrogen and oxygen atoms in total. The number of para-hydroxylation sites is 2. The molecule has 0 heterocycles. The average molecular weight is 496 g/mol. The number of hydrogen-bond acceptors (Lipinski definition) is 5. The van der Waals surface area contributed by atoms with Gasteiger partial charge in [0.2, 0.25) is 0 Å². The zero-order valence-corrected chi connectivity index (χ0v) is 18.5. The summed E-state index contributed by atoms with van der Waals surface area (Å²) in [6.07, 6.45) is 1.43. The second-order valence-corrected chi connectivity index (χ2v) is 7.35. The van der Waals surface area contributed by atoms with Gasteiger partial charge in [0.05, 0.1) is 23.3 Å². The van der Waals surface area contributed by atoms with Crippen molar-refractivity contribution in [2.45, 2.75) is 0 Å². The van der Waals surface area contributed by atoms with Gasteiger partial charge in [0.25, 0.3) is 17.5 Å². The monoisotopic (exact) mass is 495 g/mol. The molecule has 3 rings (SSSR count). The van der Waals surface area contributed by atoms with Gasteiger partial charge in [-0.2, -0.15) is 0 Å². The Balaban J connectivity index is 1.94. The summed E-state index contributed by atoms with van der Waals surface area (Å²) >= 11 is 3.37. The highest BCUT2D eigenvalue weighted by molar-refractivity contribution is 9.10. The van der Waals surface area contributed by atoms with Gasteiger partial charge in [-0.15, -0.1) is 0 Å². The number of rotatable bonds is 7. The predicted molar refractivity (Wildman–Crippen MR) is 124 cm³/mol. The van der Waals surface area contributed by atoms with Gasteiger partial charge in [-0.05, 0) is 64.0 Å². The zero-order valence-electron chi connectivity index (χ0n) is 16.9. The molecule has 2 N–H and O–H groups in total. The third-order valence-corrected chi connectivity index (χ3v) is 5.07. The first-order valence-electron chi connectivity index (χ1n) is 9.35. The molecule has 0 bridgehead atoms. The van der Waals surface area contributed by atoms with Crippen LogP contribution in [0.15, 0.2) is 83.0 Å². The number of carbonyl (C=O) groups is 2. The number of nitrogens with one attached hydrogen (secondary N) is 2. The van der Waals surface area contributed by atoms with E-state index < -0.39 is 16.7 Å². The average Bonchev–Trinajstić information content (AvgIpc) is 2.80. The van der Waals surface area contributed by atoms with Crippen LogP contribution in [0.3, 0.4) is 0 Å². The van der Waals surface area contributed by atoms with Crippen LogP contribution in [-0.4, -0.2) is 23.8 Å². The lowest BCUT2D eigenvalue weighted by Crippen LogP contribution is -2.31. The Kier molecular flexibility index (Phi) is 7.35. The third-order valence-electron chi connectivity index (χ3n) is 4.38. The number of ether oxygens (including phenoxy) is 1. The molecule has 3 aromatic rings. The molecule has 0 aliphatic heterocycles. The standard InChI is InChI=1S/C23H18BrN3O5/c1-32-21-9-5-2-6-17(21)22(28)26-20(14-15-10-12-16(13-11-15)27(30)31)23(29)25-19-8-4-3-7-18(19)24/h2-14H,1H3,(H,25,29)(H,26,28). The van der Waals surface area contributed by atoms with Gasteiger partial charge in [-0.25, -0.2) is 0 Å². The van der Waals surface area contributed by atoms with Gasteiger partial charge in [0.1, 0.15) is 11.4 Å². The highest BCUT2D eigenvalue weighted by Gasteiger charge is 2.18. The zero-order chi connectivity index (χ0) is 23.1. The number of benzene rings is 3. The van der Waals surface area contributed by atoms with Crippen molar-refractivity contribution in [2.75, 3.05) is 12.4 Å². The van der Waals surface area contributed by atoms with E-state index in [2.05, 4.69) is 26.6 Å². The van der Waals surface area contributed by atoms with Crippen LogP contribution < -0.4 is 15.4 Å². The van der Waals surface area contributed by atoms with Crippen molar-refractivity contribution in [3.8, 4) is 5.75 Å². The molecule has 32 heavy (non-hydrogen) atoms. The first-order chi connectivity index (χ1) is 15.4. The van der Waals surface area contributed by atoms with Gasteiger partial charge in [0, 0.05) is 16.6 Å². The lowest BCUT2D eigenvalue weighted by atomic mass is 10.1. The van der Waals surface area contributed by atoms with E-state index in [1.165, 1.54) is 37.5 Å². The third kappa shape index (κ3) is 5.58. The number of methoxy groups -OCH3 is 1. The highest BCUT2D eigenvalue weighted by Crippen LogP contribution is 2.23. The van der Waals surface area contributed by atoms with Crippen LogP contribution in [0.25, 0.3) is 6.08 Å². The van der Waals surface area contributed by atoms with Crippen molar-refractivity contribution >= 4 is 45.2 Å². The number of non-ortho nitro benzene ring substituents is 1. The largest absolute Gasteiger partial charge is 0.496 e. The van der Waals surface area contributed by atoms with Crippen LogP contribution in [0, 0.1) is 10.1 Å². The van der Waals surface area contributed by atoms with E-state index >= 15 is 0 Å². The fraction of sp³-hybridized carbons (Fsp3) is 0.0435. The van der Waals surface area contributed by atoms with Crippen molar-refractivity contribution in [1.82, 2.24) is 5.32 Å². The molecular formula is C23H18BrN3O5. The normalized spacial score (nSPS) is 10.9. The number of nitro benzene ring substituents is 1. The summed E-state index contributed by atoms with van der Waals surface area (Å²) in [4.78, 5) is 36.3. The fourth-order valence-corrected chi connectivity index (χ4v) is 3.18. The molecule has 162 valence electrons. The molecular weight excluding hydrogens is 478 g/mol. The summed E-state index contributed by atoms with van der Waals surface area (Å²) in [6, 6.07) is 19.2. The van der Waals surface area contributed by atoms with Crippen LogP contribution in [0.5, 0.6) is 5.75 Å². The van der Waals surface area contributed by atoms with Crippen LogP contribution in [-0.2, 0) is 4.79 Å². The van der Waals surface area contributed by atoms with Crippen LogP contribution in [0.1, 0.15) is 15.9 Å². The number of nitrogens with zero attached hydrogens (tertiary/aromatic N) is 1. The van der Waals surface area contributed by atoms with Crippen molar-refractivity contribution in [1.29, 1.82) is 0 Å².